The minimum Gasteiger partial charge on any atom is -0.436 e. The number of nitrogens with zero attached hydrogens (tertiary/aromatic N) is 1. The van der Waals surface area contributed by atoms with Gasteiger partial charge in [0.1, 0.15) is 11.6 Å². The smallest absolute Gasteiger partial charge is 0.261 e. The lowest BCUT2D eigenvalue weighted by molar-refractivity contribution is 0.199. The lowest BCUT2D eigenvalue weighted by Crippen LogP contribution is -2.18. The fourth-order valence-electron chi connectivity index (χ4n) is 1.73. The van der Waals surface area contributed by atoms with E-state index in [-0.39, 0.29) is 5.82 Å². The third kappa shape index (κ3) is 4.56. The van der Waals surface area contributed by atoms with Crippen LogP contribution in [0.25, 0.3) is 0 Å². The number of hydrogen-bond donors (Lipinski definition) is 1. The van der Waals surface area contributed by atoms with Crippen molar-refractivity contribution in [1.82, 2.24) is 10.3 Å². The molecule has 1 heterocycles. The van der Waals surface area contributed by atoms with Crippen molar-refractivity contribution in [3.63, 3.8) is 0 Å². The van der Waals surface area contributed by atoms with Crippen molar-refractivity contribution < 1.29 is 13.5 Å². The van der Waals surface area contributed by atoms with E-state index in [0.29, 0.717) is 23.3 Å². The molecule has 0 spiro atoms. The molecule has 0 saturated carbocycles. The molecule has 114 valence electrons. The van der Waals surface area contributed by atoms with Gasteiger partial charge in [0.2, 0.25) is 0 Å². The molecule has 0 aliphatic heterocycles. The van der Waals surface area contributed by atoms with E-state index in [2.05, 4.69) is 10.3 Å². The second-order valence-electron chi connectivity index (χ2n) is 4.66. The highest BCUT2D eigenvalue weighted by Crippen LogP contribution is 2.30. The van der Waals surface area contributed by atoms with Crippen LogP contribution < -0.4 is 5.32 Å². The van der Waals surface area contributed by atoms with E-state index in [4.69, 9.17) is 9.15 Å². The highest BCUT2D eigenvalue weighted by atomic mass is 32.2. The number of rotatable bonds is 7. The molecule has 2 rings (SSSR count). The molecule has 0 fully saturated rings. The summed E-state index contributed by atoms with van der Waals surface area (Å²) in [6.07, 6.45) is 0. The zero-order valence-electron chi connectivity index (χ0n) is 12.4. The van der Waals surface area contributed by atoms with Crippen molar-refractivity contribution in [3.05, 3.63) is 41.0 Å². The summed E-state index contributed by atoms with van der Waals surface area (Å²) in [6.45, 7) is 5.71. The summed E-state index contributed by atoms with van der Waals surface area (Å²) in [7, 11) is 1.65. The SMILES string of the molecule is COCCNCc1ccc(Sc2nc(C)c(C)o2)c(F)c1. The average molecular weight is 310 g/mol. The summed E-state index contributed by atoms with van der Waals surface area (Å²) in [4.78, 5) is 4.75. The van der Waals surface area contributed by atoms with Gasteiger partial charge in [0.15, 0.2) is 0 Å². The van der Waals surface area contributed by atoms with Crippen LogP contribution in [0.5, 0.6) is 0 Å². The molecule has 0 unspecified atom stereocenters. The van der Waals surface area contributed by atoms with Crippen LogP contribution in [0, 0.1) is 19.7 Å². The van der Waals surface area contributed by atoms with Gasteiger partial charge < -0.3 is 14.5 Å². The second-order valence-corrected chi connectivity index (χ2v) is 5.65. The van der Waals surface area contributed by atoms with Crippen LogP contribution in [-0.4, -0.2) is 25.2 Å². The van der Waals surface area contributed by atoms with E-state index in [1.54, 1.807) is 13.2 Å². The Labute approximate surface area is 128 Å². The molecule has 0 amide bonds. The lowest BCUT2D eigenvalue weighted by atomic mass is 10.2. The molecule has 1 aromatic carbocycles. The predicted molar refractivity (Wildman–Crippen MR) is 80.1 cm³/mol. The van der Waals surface area contributed by atoms with Crippen LogP contribution in [0.15, 0.2) is 32.7 Å². The van der Waals surface area contributed by atoms with Crippen molar-refractivity contribution >= 4 is 11.8 Å². The van der Waals surface area contributed by atoms with Crippen LogP contribution in [0.3, 0.4) is 0 Å². The van der Waals surface area contributed by atoms with Gasteiger partial charge in [-0.25, -0.2) is 9.37 Å². The van der Waals surface area contributed by atoms with Crippen molar-refractivity contribution in [2.24, 2.45) is 0 Å². The topological polar surface area (TPSA) is 47.3 Å². The Hall–Kier alpha value is -1.37. The first-order chi connectivity index (χ1) is 10.1. The quantitative estimate of drug-likeness (QED) is 0.795. The highest BCUT2D eigenvalue weighted by Gasteiger charge is 2.11. The average Bonchev–Trinajstić information content (AvgIpc) is 2.76. The molecule has 0 atom stereocenters. The van der Waals surface area contributed by atoms with Gasteiger partial charge in [-0.3, -0.25) is 0 Å². The van der Waals surface area contributed by atoms with Crippen LogP contribution in [-0.2, 0) is 11.3 Å². The van der Waals surface area contributed by atoms with Crippen LogP contribution >= 0.6 is 11.8 Å². The minimum atomic E-state index is -0.264. The van der Waals surface area contributed by atoms with Crippen molar-refractivity contribution in [2.45, 2.75) is 30.5 Å². The molecule has 6 heteroatoms. The molecule has 4 nitrogen and oxygen atoms in total. The first kappa shape index (κ1) is 16.0. The number of benzene rings is 1. The standard InChI is InChI=1S/C15H19FN2O2S/c1-10-11(2)20-15(18-10)21-14-5-4-12(8-13(14)16)9-17-6-7-19-3/h4-5,8,17H,6-7,9H2,1-3H3. The fraction of sp³-hybridized carbons (Fsp3) is 0.400. The molecular formula is C15H19FN2O2S. The van der Waals surface area contributed by atoms with Gasteiger partial charge in [0, 0.05) is 20.2 Å². The third-order valence-electron chi connectivity index (χ3n) is 3.01. The predicted octanol–water partition coefficient (Wildman–Crippen LogP) is 3.32. The molecule has 2 aromatic rings. The number of methoxy groups -OCH3 is 1. The van der Waals surface area contributed by atoms with Gasteiger partial charge in [0.25, 0.3) is 5.22 Å². The number of halogens is 1. The van der Waals surface area contributed by atoms with Crippen LogP contribution in [0.4, 0.5) is 4.39 Å². The summed E-state index contributed by atoms with van der Waals surface area (Å²) in [5.74, 6) is 0.497. The van der Waals surface area contributed by atoms with Gasteiger partial charge in [-0.15, -0.1) is 0 Å². The van der Waals surface area contributed by atoms with Gasteiger partial charge in [-0.05, 0) is 43.3 Å². The van der Waals surface area contributed by atoms with E-state index in [9.17, 15) is 4.39 Å². The molecule has 21 heavy (non-hydrogen) atoms. The zero-order chi connectivity index (χ0) is 15.2. The Morgan fingerprint density at radius 2 is 2.19 bits per heavy atom. The van der Waals surface area contributed by atoms with Crippen LogP contribution in [0.2, 0.25) is 0 Å². The van der Waals surface area contributed by atoms with Crippen molar-refractivity contribution in [3.8, 4) is 0 Å². The van der Waals surface area contributed by atoms with Crippen molar-refractivity contribution in [1.29, 1.82) is 0 Å². The Kier molecular flexibility index (Phi) is 5.78. The number of hydrogen-bond acceptors (Lipinski definition) is 5. The molecule has 0 bridgehead atoms. The number of oxazole rings is 1. The minimum absolute atomic E-state index is 0.264. The Morgan fingerprint density at radius 1 is 1.38 bits per heavy atom. The third-order valence-corrected chi connectivity index (χ3v) is 3.91. The summed E-state index contributed by atoms with van der Waals surface area (Å²) in [5.41, 5.74) is 1.73. The van der Waals surface area contributed by atoms with Gasteiger partial charge in [0.05, 0.1) is 17.2 Å². The Morgan fingerprint density at radius 3 is 2.81 bits per heavy atom. The van der Waals surface area contributed by atoms with Crippen LogP contribution in [0.1, 0.15) is 17.0 Å². The highest BCUT2D eigenvalue weighted by molar-refractivity contribution is 7.99. The Balaban J connectivity index is 1.98. The maximum atomic E-state index is 14.1. The molecular weight excluding hydrogens is 291 g/mol. The van der Waals surface area contributed by atoms with E-state index in [1.165, 1.54) is 17.8 Å². The molecule has 0 saturated heterocycles. The fourth-order valence-corrected chi connectivity index (χ4v) is 2.55. The molecule has 0 radical (unpaired) electrons. The number of nitrogens with one attached hydrogen (secondary N) is 1. The van der Waals surface area contributed by atoms with E-state index >= 15 is 0 Å². The van der Waals surface area contributed by atoms with Gasteiger partial charge in [-0.1, -0.05) is 6.07 Å². The summed E-state index contributed by atoms with van der Waals surface area (Å²) in [5, 5.41) is 3.65. The first-order valence-corrected chi connectivity index (χ1v) is 7.51. The monoisotopic (exact) mass is 310 g/mol. The first-order valence-electron chi connectivity index (χ1n) is 6.70. The Bertz CT molecular complexity index is 582. The maximum Gasteiger partial charge on any atom is 0.261 e. The van der Waals surface area contributed by atoms with Gasteiger partial charge in [-0.2, -0.15) is 0 Å². The summed E-state index contributed by atoms with van der Waals surface area (Å²) < 4.78 is 24.5. The molecule has 0 aliphatic rings. The van der Waals surface area contributed by atoms with E-state index in [0.717, 1.165) is 23.6 Å². The summed E-state index contributed by atoms with van der Waals surface area (Å²) in [6, 6.07) is 5.18. The summed E-state index contributed by atoms with van der Waals surface area (Å²) >= 11 is 1.20. The van der Waals surface area contributed by atoms with E-state index in [1.807, 2.05) is 19.9 Å². The molecule has 0 aliphatic carbocycles. The lowest BCUT2D eigenvalue weighted by Gasteiger charge is -2.06. The number of aryl methyl sites for hydroxylation is 2. The number of aromatic nitrogens is 1. The largest absolute Gasteiger partial charge is 0.436 e. The van der Waals surface area contributed by atoms with E-state index < -0.39 is 0 Å². The van der Waals surface area contributed by atoms with Gasteiger partial charge >= 0.3 is 0 Å². The normalized spacial score (nSPS) is 11.0. The molecule has 1 N–H and O–H groups in total. The molecule has 1 aromatic heterocycles. The second kappa shape index (κ2) is 7.59. The number of ether oxygens (including phenoxy) is 1. The van der Waals surface area contributed by atoms with Crippen molar-refractivity contribution in [2.75, 3.05) is 20.3 Å². The maximum absolute atomic E-state index is 14.1. The zero-order valence-corrected chi connectivity index (χ0v) is 13.2.